The molecule has 250 valence electrons. The van der Waals surface area contributed by atoms with Crippen molar-refractivity contribution in [2.75, 3.05) is 58.5 Å². The minimum atomic E-state index is -4.05. The van der Waals surface area contributed by atoms with E-state index in [1.54, 1.807) is 0 Å². The normalized spacial score (nSPS) is 16.4. The van der Waals surface area contributed by atoms with E-state index in [9.17, 15) is 18.0 Å². The zero-order chi connectivity index (χ0) is 32.7. The lowest BCUT2D eigenvalue weighted by atomic mass is 10.0. The van der Waals surface area contributed by atoms with Crippen molar-refractivity contribution >= 4 is 27.8 Å². The standard InChI is InChI=1S/C32H47N3O9S/c1-4-15-40-17-18-42-23-31(36)44-30(21-35(20-24(2)3)45(38,39)28-12-10-26(33)11-13-28)29(19-25-8-6-5-7-9-25)34-32(37)43-27-14-16-41-22-27/h5-13,24,27,29-30H,4,14-23,33H2,1-3H3,(H,34,37)/t27-,29-,30+/m0/s1. The maximum absolute atomic E-state index is 13.9. The number of carbonyl (C=O) groups is 2. The van der Waals surface area contributed by atoms with Gasteiger partial charge < -0.3 is 34.7 Å². The molecule has 0 radical (unpaired) electrons. The summed E-state index contributed by atoms with van der Waals surface area (Å²) in [5.41, 5.74) is 7.08. The Labute approximate surface area is 266 Å². The van der Waals surface area contributed by atoms with Crippen LogP contribution in [0, 0.1) is 5.92 Å². The van der Waals surface area contributed by atoms with Crippen LogP contribution in [0.1, 0.15) is 39.2 Å². The second-order valence-corrected chi connectivity index (χ2v) is 13.2. The second-order valence-electron chi connectivity index (χ2n) is 11.3. The van der Waals surface area contributed by atoms with E-state index in [-0.39, 0.29) is 50.1 Å². The monoisotopic (exact) mass is 649 g/mol. The van der Waals surface area contributed by atoms with Crippen molar-refractivity contribution in [3.05, 3.63) is 60.2 Å². The molecule has 1 fully saturated rings. The van der Waals surface area contributed by atoms with Crippen LogP contribution < -0.4 is 11.1 Å². The number of amides is 1. The van der Waals surface area contributed by atoms with Crippen LogP contribution >= 0.6 is 0 Å². The molecule has 45 heavy (non-hydrogen) atoms. The average molecular weight is 650 g/mol. The maximum Gasteiger partial charge on any atom is 0.407 e. The number of ether oxygens (including phenoxy) is 5. The van der Waals surface area contributed by atoms with Crippen LogP contribution in [0.2, 0.25) is 0 Å². The molecule has 0 spiro atoms. The lowest BCUT2D eigenvalue weighted by Gasteiger charge is -2.33. The summed E-state index contributed by atoms with van der Waals surface area (Å²) in [7, 11) is -4.05. The Hall–Kier alpha value is -3.23. The van der Waals surface area contributed by atoms with Crippen molar-refractivity contribution in [2.24, 2.45) is 5.92 Å². The zero-order valence-corrected chi connectivity index (χ0v) is 27.2. The van der Waals surface area contributed by atoms with Crippen molar-refractivity contribution in [1.82, 2.24) is 9.62 Å². The van der Waals surface area contributed by atoms with Crippen LogP contribution in [0.3, 0.4) is 0 Å². The largest absolute Gasteiger partial charge is 0.457 e. The Morgan fingerprint density at radius 2 is 1.73 bits per heavy atom. The highest BCUT2D eigenvalue weighted by Gasteiger charge is 2.35. The second kappa shape index (κ2) is 18.7. The van der Waals surface area contributed by atoms with Gasteiger partial charge in [-0.15, -0.1) is 0 Å². The molecule has 3 rings (SSSR count). The Morgan fingerprint density at radius 1 is 1.02 bits per heavy atom. The van der Waals surface area contributed by atoms with E-state index in [1.807, 2.05) is 51.1 Å². The van der Waals surface area contributed by atoms with Gasteiger partial charge in [-0.25, -0.2) is 18.0 Å². The van der Waals surface area contributed by atoms with Gasteiger partial charge in [-0.2, -0.15) is 4.31 Å². The molecule has 2 aromatic carbocycles. The first kappa shape index (κ1) is 36.2. The number of alkyl carbamates (subject to hydrolysis) is 1. The average Bonchev–Trinajstić information content (AvgIpc) is 3.51. The molecule has 0 aliphatic carbocycles. The van der Waals surface area contributed by atoms with Gasteiger partial charge in [0.15, 0.2) is 0 Å². The van der Waals surface area contributed by atoms with Gasteiger partial charge in [0, 0.05) is 25.3 Å². The first-order chi connectivity index (χ1) is 21.6. The smallest absolute Gasteiger partial charge is 0.407 e. The number of nitrogen functional groups attached to an aromatic ring is 1. The fourth-order valence-electron chi connectivity index (χ4n) is 4.72. The summed E-state index contributed by atoms with van der Waals surface area (Å²) in [4.78, 5) is 26.2. The van der Waals surface area contributed by atoms with Gasteiger partial charge in [0.05, 0.1) is 43.9 Å². The molecule has 13 heteroatoms. The molecule has 0 unspecified atom stereocenters. The Balaban J connectivity index is 1.90. The minimum absolute atomic E-state index is 0.0473. The van der Waals surface area contributed by atoms with Crippen LogP contribution in [0.15, 0.2) is 59.5 Å². The molecule has 3 N–H and O–H groups in total. The van der Waals surface area contributed by atoms with Crippen molar-refractivity contribution in [1.29, 1.82) is 0 Å². The molecule has 1 aliphatic rings. The highest BCUT2D eigenvalue weighted by molar-refractivity contribution is 7.89. The summed E-state index contributed by atoms with van der Waals surface area (Å²) in [6, 6.07) is 14.4. The number of nitrogens with one attached hydrogen (secondary N) is 1. The Bertz CT molecular complexity index is 1270. The number of esters is 1. The fourth-order valence-corrected chi connectivity index (χ4v) is 6.34. The van der Waals surface area contributed by atoms with Crippen molar-refractivity contribution < 1.29 is 41.7 Å². The van der Waals surface area contributed by atoms with Crippen LogP contribution in [0.5, 0.6) is 0 Å². The lowest BCUT2D eigenvalue weighted by Crippen LogP contribution is -2.53. The number of carbonyl (C=O) groups excluding carboxylic acids is 2. The third kappa shape index (κ3) is 12.6. The first-order valence-electron chi connectivity index (χ1n) is 15.4. The minimum Gasteiger partial charge on any atom is -0.457 e. The van der Waals surface area contributed by atoms with E-state index in [1.165, 1.54) is 28.6 Å². The lowest BCUT2D eigenvalue weighted by molar-refractivity contribution is -0.157. The number of anilines is 1. The van der Waals surface area contributed by atoms with Gasteiger partial charge in [0.2, 0.25) is 10.0 Å². The zero-order valence-electron chi connectivity index (χ0n) is 26.4. The third-order valence-electron chi connectivity index (χ3n) is 6.91. The molecule has 0 aromatic heterocycles. The highest BCUT2D eigenvalue weighted by atomic mass is 32.2. The summed E-state index contributed by atoms with van der Waals surface area (Å²) in [5.74, 6) is -0.772. The van der Waals surface area contributed by atoms with Gasteiger partial charge in [-0.3, -0.25) is 0 Å². The Kier molecular flexibility index (Phi) is 15.0. The number of sulfonamides is 1. The molecule has 0 bridgehead atoms. The van der Waals surface area contributed by atoms with E-state index in [0.29, 0.717) is 31.9 Å². The van der Waals surface area contributed by atoms with Gasteiger partial charge in [-0.05, 0) is 48.6 Å². The molecule has 1 heterocycles. The number of hydrogen-bond donors (Lipinski definition) is 2. The number of nitrogens with zero attached hydrogens (tertiary/aromatic N) is 1. The topological polar surface area (TPSA) is 156 Å². The number of hydrogen-bond acceptors (Lipinski definition) is 10. The van der Waals surface area contributed by atoms with Gasteiger partial charge in [0.25, 0.3) is 0 Å². The molecule has 1 saturated heterocycles. The Morgan fingerprint density at radius 3 is 2.38 bits per heavy atom. The summed E-state index contributed by atoms with van der Waals surface area (Å²) in [6.07, 6.45) is -0.563. The number of benzene rings is 2. The van der Waals surface area contributed by atoms with Crippen molar-refractivity contribution in [3.8, 4) is 0 Å². The van der Waals surface area contributed by atoms with E-state index < -0.39 is 40.3 Å². The summed E-state index contributed by atoms with van der Waals surface area (Å²) < 4.78 is 56.8. The maximum atomic E-state index is 13.9. The highest BCUT2D eigenvalue weighted by Crippen LogP contribution is 2.22. The first-order valence-corrected chi connectivity index (χ1v) is 16.8. The van der Waals surface area contributed by atoms with E-state index >= 15 is 0 Å². The summed E-state index contributed by atoms with van der Waals surface area (Å²) in [6.45, 7) is 7.17. The van der Waals surface area contributed by atoms with Gasteiger partial charge in [-0.1, -0.05) is 51.1 Å². The molecule has 0 saturated carbocycles. The molecule has 1 amide bonds. The van der Waals surface area contributed by atoms with Crippen LogP contribution in [0.25, 0.3) is 0 Å². The summed E-state index contributed by atoms with van der Waals surface area (Å²) >= 11 is 0. The fraction of sp³-hybridized carbons (Fsp3) is 0.562. The SMILES string of the molecule is CCCOCCOCC(=O)O[C@H](CN(CC(C)C)S(=O)(=O)c1ccc(N)cc1)[C@H](Cc1ccccc1)NC(=O)O[C@H]1CCOC1. The van der Waals surface area contributed by atoms with Crippen LogP contribution in [0.4, 0.5) is 10.5 Å². The quantitative estimate of drug-likeness (QED) is 0.131. The van der Waals surface area contributed by atoms with Crippen LogP contribution in [-0.2, 0) is 44.9 Å². The molecule has 3 atom stereocenters. The van der Waals surface area contributed by atoms with Crippen molar-refractivity contribution in [2.45, 2.75) is 63.2 Å². The molecule has 2 aromatic rings. The van der Waals surface area contributed by atoms with Crippen LogP contribution in [-0.4, -0.2) is 95.8 Å². The van der Waals surface area contributed by atoms with E-state index in [0.717, 1.165) is 12.0 Å². The predicted molar refractivity (Wildman–Crippen MR) is 169 cm³/mol. The molecule has 1 aliphatic heterocycles. The number of rotatable bonds is 19. The van der Waals surface area contributed by atoms with Gasteiger partial charge >= 0.3 is 12.1 Å². The molecular weight excluding hydrogens is 602 g/mol. The van der Waals surface area contributed by atoms with E-state index in [4.69, 9.17) is 29.4 Å². The van der Waals surface area contributed by atoms with Crippen molar-refractivity contribution in [3.63, 3.8) is 0 Å². The van der Waals surface area contributed by atoms with E-state index in [2.05, 4.69) is 5.32 Å². The third-order valence-corrected chi connectivity index (χ3v) is 8.75. The number of nitrogens with two attached hydrogens (primary N) is 1. The molecule has 12 nitrogen and oxygen atoms in total. The van der Waals surface area contributed by atoms with Gasteiger partial charge in [0.1, 0.15) is 18.8 Å². The summed E-state index contributed by atoms with van der Waals surface area (Å²) in [5, 5.41) is 2.85. The molecular formula is C32H47N3O9S. The predicted octanol–water partition coefficient (Wildman–Crippen LogP) is 3.40.